The van der Waals surface area contributed by atoms with Gasteiger partial charge in [0.05, 0.1) is 0 Å². The van der Waals surface area contributed by atoms with Crippen LogP contribution in [-0.4, -0.2) is 18.4 Å². The van der Waals surface area contributed by atoms with E-state index in [-0.39, 0.29) is 11.8 Å². The maximum Gasteiger partial charge on any atom is 0.255 e. The molecule has 5 nitrogen and oxygen atoms in total. The van der Waals surface area contributed by atoms with Gasteiger partial charge in [0.1, 0.15) is 0 Å². The molecule has 0 fully saturated rings. The van der Waals surface area contributed by atoms with Crippen LogP contribution in [0.3, 0.4) is 0 Å². The van der Waals surface area contributed by atoms with Gasteiger partial charge < -0.3 is 16.0 Å². The number of benzene rings is 3. The van der Waals surface area contributed by atoms with Crippen molar-refractivity contribution in [1.82, 2.24) is 5.32 Å². The minimum atomic E-state index is -0.261. The van der Waals surface area contributed by atoms with Crippen molar-refractivity contribution < 1.29 is 9.59 Å². The van der Waals surface area contributed by atoms with E-state index in [2.05, 4.69) is 16.0 Å². The van der Waals surface area contributed by atoms with Crippen LogP contribution in [0.4, 0.5) is 11.4 Å². The van der Waals surface area contributed by atoms with Crippen LogP contribution in [-0.2, 0) is 17.8 Å². The molecule has 0 aromatic heterocycles. The molecular formula is C24H23Cl2N3O2. The van der Waals surface area contributed by atoms with Gasteiger partial charge in [-0.3, -0.25) is 9.59 Å². The zero-order valence-corrected chi connectivity index (χ0v) is 18.6. The second kappa shape index (κ2) is 11.0. The van der Waals surface area contributed by atoms with Crippen LogP contribution < -0.4 is 16.0 Å². The van der Waals surface area contributed by atoms with E-state index in [1.807, 2.05) is 48.5 Å². The SMILES string of the molecule is CC(=O)Nc1ccc(CNCCc2ccc(NC(=O)c3cc(Cl)cc(Cl)c3)cc2)cc1. The number of carbonyl (C=O) groups excluding carboxylic acids is 2. The van der Waals surface area contributed by atoms with E-state index in [4.69, 9.17) is 23.2 Å². The maximum atomic E-state index is 12.4. The number of hydrogen-bond donors (Lipinski definition) is 3. The molecular weight excluding hydrogens is 433 g/mol. The van der Waals surface area contributed by atoms with Gasteiger partial charge in [0.25, 0.3) is 5.91 Å². The van der Waals surface area contributed by atoms with Gasteiger partial charge in [0, 0.05) is 40.5 Å². The number of hydrogen-bond acceptors (Lipinski definition) is 3. The molecule has 3 N–H and O–H groups in total. The van der Waals surface area contributed by atoms with E-state index in [9.17, 15) is 9.59 Å². The fourth-order valence-electron chi connectivity index (χ4n) is 3.02. The molecule has 0 saturated carbocycles. The maximum absolute atomic E-state index is 12.4. The molecule has 0 spiro atoms. The van der Waals surface area contributed by atoms with Crippen LogP contribution in [0.2, 0.25) is 10.0 Å². The highest BCUT2D eigenvalue weighted by Gasteiger charge is 2.08. The summed E-state index contributed by atoms with van der Waals surface area (Å²) in [7, 11) is 0. The standard InChI is InChI=1S/C24H23Cl2N3O2/c1-16(30)28-22-8-4-18(5-9-22)15-27-11-10-17-2-6-23(7-3-17)29-24(31)19-12-20(25)14-21(26)13-19/h2-9,12-14,27H,10-11,15H2,1H3,(H,28,30)(H,29,31). The number of nitrogens with one attached hydrogen (secondary N) is 3. The smallest absolute Gasteiger partial charge is 0.255 e. The first kappa shape index (κ1) is 22.8. The Hall–Kier alpha value is -2.86. The third kappa shape index (κ3) is 7.40. The summed E-state index contributed by atoms with van der Waals surface area (Å²) in [6.45, 7) is 3.06. The summed E-state index contributed by atoms with van der Waals surface area (Å²) in [5.41, 5.74) is 4.22. The van der Waals surface area contributed by atoms with Crippen LogP contribution in [0, 0.1) is 0 Å². The Morgan fingerprint density at radius 3 is 1.90 bits per heavy atom. The third-order valence-corrected chi connectivity index (χ3v) is 4.97. The van der Waals surface area contributed by atoms with Gasteiger partial charge in [0.15, 0.2) is 0 Å². The van der Waals surface area contributed by atoms with Crippen LogP contribution in [0.5, 0.6) is 0 Å². The second-order valence-corrected chi connectivity index (χ2v) is 7.99. The van der Waals surface area contributed by atoms with Crippen molar-refractivity contribution in [2.24, 2.45) is 0 Å². The third-order valence-electron chi connectivity index (χ3n) is 4.53. The van der Waals surface area contributed by atoms with Gasteiger partial charge in [-0.05, 0) is 66.6 Å². The highest BCUT2D eigenvalue weighted by molar-refractivity contribution is 6.35. The van der Waals surface area contributed by atoms with Crippen molar-refractivity contribution in [3.63, 3.8) is 0 Å². The number of rotatable bonds is 8. The van der Waals surface area contributed by atoms with Crippen molar-refractivity contribution in [2.45, 2.75) is 19.9 Å². The van der Waals surface area contributed by atoms with Gasteiger partial charge in [-0.15, -0.1) is 0 Å². The Labute approximate surface area is 191 Å². The molecule has 3 rings (SSSR count). The van der Waals surface area contributed by atoms with Crippen molar-refractivity contribution in [2.75, 3.05) is 17.2 Å². The molecule has 0 bridgehead atoms. The van der Waals surface area contributed by atoms with Gasteiger partial charge >= 0.3 is 0 Å². The molecule has 7 heteroatoms. The van der Waals surface area contributed by atoms with Crippen molar-refractivity contribution >= 4 is 46.4 Å². The van der Waals surface area contributed by atoms with Crippen molar-refractivity contribution in [3.8, 4) is 0 Å². The first-order chi connectivity index (χ1) is 14.9. The Morgan fingerprint density at radius 1 is 0.774 bits per heavy atom. The van der Waals surface area contributed by atoms with E-state index >= 15 is 0 Å². The minimum absolute atomic E-state index is 0.0784. The quantitative estimate of drug-likeness (QED) is 0.390. The van der Waals surface area contributed by atoms with Gasteiger partial charge in [-0.2, -0.15) is 0 Å². The van der Waals surface area contributed by atoms with Crippen LogP contribution in [0.15, 0.2) is 66.7 Å². The van der Waals surface area contributed by atoms with E-state index in [0.717, 1.165) is 36.3 Å². The van der Waals surface area contributed by atoms with Crippen LogP contribution in [0.1, 0.15) is 28.4 Å². The van der Waals surface area contributed by atoms with E-state index < -0.39 is 0 Å². The molecule has 2 amide bonds. The van der Waals surface area contributed by atoms with Gasteiger partial charge in [-0.25, -0.2) is 0 Å². The van der Waals surface area contributed by atoms with E-state index in [1.165, 1.54) is 6.92 Å². The molecule has 0 saturated heterocycles. The molecule has 0 aliphatic heterocycles. The summed E-state index contributed by atoms with van der Waals surface area (Å²) in [6, 6.07) is 20.2. The summed E-state index contributed by atoms with van der Waals surface area (Å²) in [5, 5.41) is 9.85. The Balaban J connectivity index is 1.44. The number of anilines is 2. The summed E-state index contributed by atoms with van der Waals surface area (Å²) < 4.78 is 0. The zero-order chi connectivity index (χ0) is 22.2. The minimum Gasteiger partial charge on any atom is -0.326 e. The molecule has 0 atom stereocenters. The normalized spacial score (nSPS) is 10.5. The molecule has 0 heterocycles. The van der Waals surface area contributed by atoms with Gasteiger partial charge in [0.2, 0.25) is 5.91 Å². The molecule has 0 aliphatic rings. The fraction of sp³-hybridized carbons (Fsp3) is 0.167. The molecule has 3 aromatic carbocycles. The van der Waals surface area contributed by atoms with E-state index in [1.54, 1.807) is 18.2 Å². The molecule has 160 valence electrons. The first-order valence-electron chi connectivity index (χ1n) is 9.83. The summed E-state index contributed by atoms with van der Waals surface area (Å²) >= 11 is 11.9. The lowest BCUT2D eigenvalue weighted by atomic mass is 10.1. The van der Waals surface area contributed by atoms with Gasteiger partial charge in [-0.1, -0.05) is 47.5 Å². The highest BCUT2D eigenvalue weighted by Crippen LogP contribution is 2.20. The highest BCUT2D eigenvalue weighted by atomic mass is 35.5. The monoisotopic (exact) mass is 455 g/mol. The first-order valence-corrected chi connectivity index (χ1v) is 10.6. The van der Waals surface area contributed by atoms with Crippen molar-refractivity contribution in [1.29, 1.82) is 0 Å². The topological polar surface area (TPSA) is 70.2 Å². The van der Waals surface area contributed by atoms with Crippen LogP contribution >= 0.6 is 23.2 Å². The number of carbonyl (C=O) groups is 2. The fourth-order valence-corrected chi connectivity index (χ4v) is 3.54. The number of halogens is 2. The largest absolute Gasteiger partial charge is 0.326 e. The lowest BCUT2D eigenvalue weighted by molar-refractivity contribution is -0.114. The lowest BCUT2D eigenvalue weighted by Gasteiger charge is -2.09. The average Bonchev–Trinajstić information content (AvgIpc) is 2.72. The average molecular weight is 456 g/mol. The summed E-state index contributed by atoms with van der Waals surface area (Å²) in [4.78, 5) is 23.4. The Kier molecular flexibility index (Phi) is 8.06. The molecule has 0 unspecified atom stereocenters. The number of amides is 2. The molecule has 0 aliphatic carbocycles. The second-order valence-electron chi connectivity index (χ2n) is 7.11. The Morgan fingerprint density at radius 2 is 1.32 bits per heavy atom. The lowest BCUT2D eigenvalue weighted by Crippen LogP contribution is -2.16. The molecule has 3 aromatic rings. The van der Waals surface area contributed by atoms with Crippen molar-refractivity contribution in [3.05, 3.63) is 93.5 Å². The molecule has 0 radical (unpaired) electrons. The predicted molar refractivity (Wildman–Crippen MR) is 127 cm³/mol. The molecule has 31 heavy (non-hydrogen) atoms. The van der Waals surface area contributed by atoms with E-state index in [0.29, 0.717) is 21.3 Å². The summed E-state index contributed by atoms with van der Waals surface area (Å²) in [5.74, 6) is -0.339. The summed E-state index contributed by atoms with van der Waals surface area (Å²) in [6.07, 6.45) is 0.863. The zero-order valence-electron chi connectivity index (χ0n) is 17.0. The Bertz CT molecular complexity index is 1030. The van der Waals surface area contributed by atoms with Crippen LogP contribution in [0.25, 0.3) is 0 Å². The predicted octanol–water partition coefficient (Wildman–Crippen LogP) is 5.54.